The van der Waals surface area contributed by atoms with Crippen molar-refractivity contribution < 1.29 is 14.7 Å². The maximum atomic E-state index is 12.8. The number of urea groups is 1. The molecule has 2 amide bonds. The van der Waals surface area contributed by atoms with Crippen molar-refractivity contribution in [2.24, 2.45) is 0 Å². The number of amides is 2. The molecule has 0 saturated carbocycles. The second kappa shape index (κ2) is 8.72. The maximum Gasteiger partial charge on any atom is 0.327 e. The van der Waals surface area contributed by atoms with Gasteiger partial charge in [-0.15, -0.1) is 0 Å². The van der Waals surface area contributed by atoms with Gasteiger partial charge in [-0.25, -0.2) is 9.59 Å². The number of nitrogens with one attached hydrogen (secondary N) is 1. The second-order valence-corrected chi connectivity index (χ2v) is 5.49. The molecular weight excluding hydrogens is 304 g/mol. The summed E-state index contributed by atoms with van der Waals surface area (Å²) in [5.41, 5.74) is 1.36. The van der Waals surface area contributed by atoms with Crippen molar-refractivity contribution in [1.29, 1.82) is 0 Å². The van der Waals surface area contributed by atoms with E-state index >= 15 is 0 Å². The fraction of sp³-hybridized carbons (Fsp3) is 0.263. The van der Waals surface area contributed by atoms with Gasteiger partial charge >= 0.3 is 12.0 Å². The van der Waals surface area contributed by atoms with E-state index in [1.54, 1.807) is 0 Å². The predicted octanol–water partition coefficient (Wildman–Crippen LogP) is 4.18. The fourth-order valence-corrected chi connectivity index (χ4v) is 2.42. The van der Waals surface area contributed by atoms with Gasteiger partial charge in [-0.05, 0) is 30.7 Å². The van der Waals surface area contributed by atoms with Crippen LogP contribution in [-0.4, -0.2) is 23.1 Å². The molecule has 5 heteroatoms. The van der Waals surface area contributed by atoms with Gasteiger partial charge in [0.2, 0.25) is 0 Å². The molecule has 0 bridgehead atoms. The van der Waals surface area contributed by atoms with Crippen molar-refractivity contribution in [2.45, 2.75) is 32.2 Å². The van der Waals surface area contributed by atoms with E-state index in [1.807, 2.05) is 67.6 Å². The number of aliphatic carboxylic acids is 1. The number of rotatable bonds is 7. The van der Waals surface area contributed by atoms with E-state index in [9.17, 15) is 14.7 Å². The predicted molar refractivity (Wildman–Crippen MR) is 94.5 cm³/mol. The molecule has 126 valence electrons. The van der Waals surface area contributed by atoms with Gasteiger partial charge < -0.3 is 10.4 Å². The van der Waals surface area contributed by atoms with Crippen LogP contribution in [0.3, 0.4) is 0 Å². The van der Waals surface area contributed by atoms with Gasteiger partial charge in [-0.3, -0.25) is 4.90 Å². The smallest absolute Gasteiger partial charge is 0.327 e. The SMILES string of the molecule is CCCC[C@H](NC(=O)N(c1ccccc1)c1ccccc1)C(=O)O. The number of carbonyl (C=O) groups is 2. The lowest BCUT2D eigenvalue weighted by Crippen LogP contribution is -2.46. The van der Waals surface area contributed by atoms with Gasteiger partial charge in [0.15, 0.2) is 0 Å². The molecular formula is C19H22N2O3. The summed E-state index contributed by atoms with van der Waals surface area (Å²) in [4.78, 5) is 25.7. The molecule has 2 N–H and O–H groups in total. The lowest BCUT2D eigenvalue weighted by molar-refractivity contribution is -0.139. The molecule has 0 aliphatic heterocycles. The molecule has 1 atom stereocenters. The fourth-order valence-electron chi connectivity index (χ4n) is 2.42. The highest BCUT2D eigenvalue weighted by Gasteiger charge is 2.24. The Morgan fingerprint density at radius 2 is 1.50 bits per heavy atom. The third kappa shape index (κ3) is 4.59. The molecule has 5 nitrogen and oxygen atoms in total. The topological polar surface area (TPSA) is 69.6 Å². The average Bonchev–Trinajstić information content (AvgIpc) is 2.60. The summed E-state index contributed by atoms with van der Waals surface area (Å²) in [7, 11) is 0. The molecule has 0 radical (unpaired) electrons. The molecule has 2 aromatic rings. The summed E-state index contributed by atoms with van der Waals surface area (Å²) in [6.07, 6.45) is 2.03. The number of carbonyl (C=O) groups excluding carboxylic acids is 1. The van der Waals surface area contributed by atoms with Gasteiger partial charge in [0.05, 0.1) is 11.4 Å². The molecule has 2 aromatic carbocycles. The zero-order valence-corrected chi connectivity index (χ0v) is 13.7. The van der Waals surface area contributed by atoms with E-state index in [0.29, 0.717) is 17.8 Å². The second-order valence-electron chi connectivity index (χ2n) is 5.49. The molecule has 2 rings (SSSR count). The first-order chi connectivity index (χ1) is 11.6. The van der Waals surface area contributed by atoms with Gasteiger partial charge in [0.25, 0.3) is 0 Å². The first kappa shape index (κ1) is 17.5. The number of nitrogens with zero attached hydrogens (tertiary/aromatic N) is 1. The number of para-hydroxylation sites is 2. The Balaban J connectivity index is 2.26. The van der Waals surface area contributed by atoms with Gasteiger partial charge in [0.1, 0.15) is 6.04 Å². The molecule has 0 unspecified atom stereocenters. The monoisotopic (exact) mass is 326 g/mol. The van der Waals surface area contributed by atoms with Crippen molar-refractivity contribution >= 4 is 23.4 Å². The van der Waals surface area contributed by atoms with E-state index < -0.39 is 18.0 Å². The highest BCUT2D eigenvalue weighted by molar-refractivity contribution is 6.00. The Morgan fingerprint density at radius 3 is 1.92 bits per heavy atom. The van der Waals surface area contributed by atoms with Crippen molar-refractivity contribution in [3.63, 3.8) is 0 Å². The largest absolute Gasteiger partial charge is 0.480 e. The summed E-state index contributed by atoms with van der Waals surface area (Å²) in [6, 6.07) is 17.0. The lowest BCUT2D eigenvalue weighted by Gasteiger charge is -2.25. The van der Waals surface area contributed by atoms with Crippen molar-refractivity contribution in [3.8, 4) is 0 Å². The van der Waals surface area contributed by atoms with Gasteiger partial charge in [-0.1, -0.05) is 56.2 Å². The molecule has 0 fully saturated rings. The van der Waals surface area contributed by atoms with Gasteiger partial charge in [0, 0.05) is 0 Å². The van der Waals surface area contributed by atoms with Crippen LogP contribution in [0.2, 0.25) is 0 Å². The lowest BCUT2D eigenvalue weighted by atomic mass is 10.1. The van der Waals surface area contributed by atoms with Crippen LogP contribution in [-0.2, 0) is 4.79 Å². The zero-order chi connectivity index (χ0) is 17.4. The number of hydrogen-bond donors (Lipinski definition) is 2. The van der Waals surface area contributed by atoms with Crippen molar-refractivity contribution in [1.82, 2.24) is 5.32 Å². The Bertz CT molecular complexity index is 619. The van der Waals surface area contributed by atoms with Crippen molar-refractivity contribution in [2.75, 3.05) is 4.90 Å². The molecule has 0 saturated heterocycles. The van der Waals surface area contributed by atoms with Crippen LogP contribution in [0, 0.1) is 0 Å². The highest BCUT2D eigenvalue weighted by atomic mass is 16.4. The normalized spacial score (nSPS) is 11.5. The van der Waals surface area contributed by atoms with E-state index in [1.165, 1.54) is 4.90 Å². The highest BCUT2D eigenvalue weighted by Crippen LogP contribution is 2.25. The van der Waals surface area contributed by atoms with Crippen LogP contribution in [0.15, 0.2) is 60.7 Å². The van der Waals surface area contributed by atoms with Crippen LogP contribution in [0.1, 0.15) is 26.2 Å². The van der Waals surface area contributed by atoms with Crippen LogP contribution in [0.25, 0.3) is 0 Å². The Kier molecular flexibility index (Phi) is 6.37. The number of anilines is 2. The third-order valence-electron chi connectivity index (χ3n) is 3.67. The number of unbranched alkanes of at least 4 members (excludes halogenated alkanes) is 1. The number of hydrogen-bond acceptors (Lipinski definition) is 2. The molecule has 0 aromatic heterocycles. The Morgan fingerprint density at radius 1 is 1.00 bits per heavy atom. The van der Waals surface area contributed by atoms with Crippen LogP contribution >= 0.6 is 0 Å². The van der Waals surface area contributed by atoms with E-state index in [0.717, 1.165) is 12.8 Å². The maximum absolute atomic E-state index is 12.8. The number of carboxylic acid groups (broad SMARTS) is 1. The quantitative estimate of drug-likeness (QED) is 0.802. The molecule has 0 aliphatic carbocycles. The van der Waals surface area contributed by atoms with Gasteiger partial charge in [-0.2, -0.15) is 0 Å². The summed E-state index contributed by atoms with van der Waals surface area (Å²) < 4.78 is 0. The Labute approximate surface area is 141 Å². The molecule has 0 heterocycles. The van der Waals surface area contributed by atoms with E-state index in [-0.39, 0.29) is 0 Å². The Hall–Kier alpha value is -2.82. The standard InChI is InChI=1S/C19H22N2O3/c1-2-3-14-17(18(22)23)20-19(24)21(15-10-6-4-7-11-15)16-12-8-5-9-13-16/h4-13,17H,2-3,14H2,1H3,(H,20,24)(H,22,23)/t17-/m0/s1. The summed E-state index contributed by atoms with van der Waals surface area (Å²) in [6.45, 7) is 1.99. The average molecular weight is 326 g/mol. The molecule has 24 heavy (non-hydrogen) atoms. The van der Waals surface area contributed by atoms with E-state index in [4.69, 9.17) is 0 Å². The van der Waals surface area contributed by atoms with Crippen LogP contribution in [0.5, 0.6) is 0 Å². The van der Waals surface area contributed by atoms with Crippen LogP contribution in [0.4, 0.5) is 16.2 Å². The number of carboxylic acids is 1. The number of benzene rings is 2. The molecule has 0 aliphatic rings. The third-order valence-corrected chi connectivity index (χ3v) is 3.67. The first-order valence-corrected chi connectivity index (χ1v) is 8.07. The zero-order valence-electron chi connectivity index (χ0n) is 13.7. The van der Waals surface area contributed by atoms with Crippen LogP contribution < -0.4 is 10.2 Å². The van der Waals surface area contributed by atoms with Crippen molar-refractivity contribution in [3.05, 3.63) is 60.7 Å². The van der Waals surface area contributed by atoms with E-state index in [2.05, 4.69) is 5.32 Å². The minimum atomic E-state index is -1.02. The minimum Gasteiger partial charge on any atom is -0.480 e. The summed E-state index contributed by atoms with van der Waals surface area (Å²) >= 11 is 0. The molecule has 0 spiro atoms. The minimum absolute atomic E-state index is 0.412. The first-order valence-electron chi connectivity index (χ1n) is 8.07. The summed E-state index contributed by atoms with van der Waals surface area (Å²) in [5.74, 6) is -1.02. The summed E-state index contributed by atoms with van der Waals surface area (Å²) in [5, 5.41) is 12.0.